The van der Waals surface area contributed by atoms with E-state index in [1.165, 1.54) is 5.56 Å². The number of hydrogen-bond acceptors (Lipinski definition) is 2. The SMILES string of the molecule is CCCC(C)NC(=O)CNc1ccc(C)cc1Br. The number of hydrogen-bond donors (Lipinski definition) is 2. The molecule has 3 nitrogen and oxygen atoms in total. The zero-order chi connectivity index (χ0) is 13.5. The highest BCUT2D eigenvalue weighted by atomic mass is 79.9. The molecule has 0 heterocycles. The summed E-state index contributed by atoms with van der Waals surface area (Å²) in [5.41, 5.74) is 2.13. The van der Waals surface area contributed by atoms with Gasteiger partial charge in [0.2, 0.25) is 5.91 Å². The van der Waals surface area contributed by atoms with Gasteiger partial charge in [0.05, 0.1) is 6.54 Å². The Labute approximate surface area is 117 Å². The summed E-state index contributed by atoms with van der Waals surface area (Å²) in [5.74, 6) is 0.0309. The zero-order valence-electron chi connectivity index (χ0n) is 11.2. The van der Waals surface area contributed by atoms with Crippen LogP contribution in [0.5, 0.6) is 0 Å². The molecule has 0 fully saturated rings. The monoisotopic (exact) mass is 312 g/mol. The Kier molecular flexibility index (Phi) is 6.19. The maximum absolute atomic E-state index is 11.7. The maximum atomic E-state index is 11.7. The molecule has 18 heavy (non-hydrogen) atoms. The summed E-state index contributed by atoms with van der Waals surface area (Å²) in [5, 5.41) is 6.09. The summed E-state index contributed by atoms with van der Waals surface area (Å²) in [6.07, 6.45) is 2.10. The highest BCUT2D eigenvalue weighted by molar-refractivity contribution is 9.10. The minimum Gasteiger partial charge on any atom is -0.375 e. The van der Waals surface area contributed by atoms with E-state index in [1.54, 1.807) is 0 Å². The van der Waals surface area contributed by atoms with Crippen molar-refractivity contribution >= 4 is 27.5 Å². The van der Waals surface area contributed by atoms with Crippen molar-refractivity contribution in [3.63, 3.8) is 0 Å². The van der Waals surface area contributed by atoms with Crippen LogP contribution >= 0.6 is 15.9 Å². The average molecular weight is 313 g/mol. The second kappa shape index (κ2) is 7.41. The molecule has 0 radical (unpaired) electrons. The third kappa shape index (κ3) is 5.08. The summed E-state index contributed by atoms with van der Waals surface area (Å²) in [4.78, 5) is 11.7. The summed E-state index contributed by atoms with van der Waals surface area (Å²) in [6.45, 7) is 6.48. The van der Waals surface area contributed by atoms with E-state index in [9.17, 15) is 4.79 Å². The minimum absolute atomic E-state index is 0.0309. The highest BCUT2D eigenvalue weighted by Crippen LogP contribution is 2.22. The van der Waals surface area contributed by atoms with Crippen molar-refractivity contribution < 1.29 is 4.79 Å². The molecule has 0 aliphatic rings. The Balaban J connectivity index is 2.42. The van der Waals surface area contributed by atoms with Crippen LogP contribution in [-0.4, -0.2) is 18.5 Å². The van der Waals surface area contributed by atoms with E-state index in [2.05, 4.69) is 33.5 Å². The molecule has 1 atom stereocenters. The molecule has 0 aliphatic heterocycles. The first-order valence-electron chi connectivity index (χ1n) is 6.32. The van der Waals surface area contributed by atoms with Gasteiger partial charge in [-0.25, -0.2) is 0 Å². The topological polar surface area (TPSA) is 41.1 Å². The molecular weight excluding hydrogens is 292 g/mol. The van der Waals surface area contributed by atoms with Gasteiger partial charge in [0, 0.05) is 16.2 Å². The average Bonchev–Trinajstić information content (AvgIpc) is 2.28. The number of amides is 1. The van der Waals surface area contributed by atoms with Crippen LogP contribution in [0.25, 0.3) is 0 Å². The number of carbonyl (C=O) groups excluding carboxylic acids is 1. The largest absolute Gasteiger partial charge is 0.375 e. The number of nitrogens with one attached hydrogen (secondary N) is 2. The molecular formula is C14H21BrN2O. The lowest BCUT2D eigenvalue weighted by Gasteiger charge is -2.14. The van der Waals surface area contributed by atoms with Crippen molar-refractivity contribution in [3.05, 3.63) is 28.2 Å². The van der Waals surface area contributed by atoms with Crippen LogP contribution in [0.4, 0.5) is 5.69 Å². The van der Waals surface area contributed by atoms with Crippen LogP contribution < -0.4 is 10.6 Å². The number of halogens is 1. The Morgan fingerprint density at radius 3 is 2.78 bits per heavy atom. The molecule has 0 aromatic heterocycles. The van der Waals surface area contributed by atoms with E-state index in [4.69, 9.17) is 0 Å². The molecule has 2 N–H and O–H groups in total. The molecule has 1 unspecified atom stereocenters. The number of anilines is 1. The molecule has 0 saturated heterocycles. The summed E-state index contributed by atoms with van der Waals surface area (Å²) in [6, 6.07) is 6.26. The Morgan fingerprint density at radius 1 is 1.44 bits per heavy atom. The standard InChI is InChI=1S/C14H21BrN2O/c1-4-5-11(3)17-14(18)9-16-13-7-6-10(2)8-12(13)15/h6-8,11,16H,4-5,9H2,1-3H3,(H,17,18). The third-order valence-electron chi connectivity index (χ3n) is 2.69. The van der Waals surface area contributed by atoms with Crippen LogP contribution in [-0.2, 0) is 4.79 Å². The molecule has 0 spiro atoms. The van der Waals surface area contributed by atoms with Gasteiger partial charge in [-0.3, -0.25) is 4.79 Å². The highest BCUT2D eigenvalue weighted by Gasteiger charge is 2.07. The van der Waals surface area contributed by atoms with Crippen LogP contribution in [0.15, 0.2) is 22.7 Å². The summed E-state index contributed by atoms with van der Waals surface area (Å²) in [7, 11) is 0. The van der Waals surface area contributed by atoms with Gasteiger partial charge < -0.3 is 10.6 Å². The fraction of sp³-hybridized carbons (Fsp3) is 0.500. The second-order valence-corrected chi connectivity index (χ2v) is 5.45. The van der Waals surface area contributed by atoms with Crippen molar-refractivity contribution in [3.8, 4) is 0 Å². The van der Waals surface area contributed by atoms with Crippen LogP contribution in [0, 0.1) is 6.92 Å². The molecule has 100 valence electrons. The number of aryl methyl sites for hydroxylation is 1. The first-order chi connectivity index (χ1) is 8.52. The first-order valence-corrected chi connectivity index (χ1v) is 7.11. The summed E-state index contributed by atoms with van der Waals surface area (Å²) >= 11 is 3.48. The van der Waals surface area contributed by atoms with E-state index >= 15 is 0 Å². The molecule has 0 aliphatic carbocycles. The lowest BCUT2D eigenvalue weighted by molar-refractivity contribution is -0.120. The van der Waals surface area contributed by atoms with Gasteiger partial charge in [-0.2, -0.15) is 0 Å². The van der Waals surface area contributed by atoms with Crippen molar-refractivity contribution in [2.24, 2.45) is 0 Å². The van der Waals surface area contributed by atoms with Gasteiger partial charge in [-0.1, -0.05) is 19.4 Å². The van der Waals surface area contributed by atoms with Gasteiger partial charge in [-0.05, 0) is 53.9 Å². The minimum atomic E-state index is 0.0309. The smallest absolute Gasteiger partial charge is 0.239 e. The van der Waals surface area contributed by atoms with E-state index in [-0.39, 0.29) is 11.9 Å². The van der Waals surface area contributed by atoms with E-state index in [1.807, 2.05) is 32.0 Å². The molecule has 4 heteroatoms. The molecule has 1 amide bonds. The molecule has 0 bridgehead atoms. The van der Waals surface area contributed by atoms with Crippen LogP contribution in [0.2, 0.25) is 0 Å². The molecule has 1 rings (SSSR count). The molecule has 1 aromatic rings. The number of carbonyl (C=O) groups is 1. The predicted molar refractivity (Wildman–Crippen MR) is 79.9 cm³/mol. The predicted octanol–water partition coefficient (Wildman–Crippen LogP) is 3.47. The fourth-order valence-electron chi connectivity index (χ4n) is 1.77. The van der Waals surface area contributed by atoms with E-state index in [0.717, 1.165) is 23.0 Å². The van der Waals surface area contributed by atoms with Crippen LogP contribution in [0.3, 0.4) is 0 Å². The number of rotatable bonds is 6. The van der Waals surface area contributed by atoms with Gasteiger partial charge in [-0.15, -0.1) is 0 Å². The number of benzene rings is 1. The zero-order valence-corrected chi connectivity index (χ0v) is 12.8. The van der Waals surface area contributed by atoms with Crippen LogP contribution in [0.1, 0.15) is 32.3 Å². The van der Waals surface area contributed by atoms with Crippen molar-refractivity contribution in [1.29, 1.82) is 0 Å². The van der Waals surface area contributed by atoms with Gasteiger partial charge in [0.1, 0.15) is 0 Å². The van der Waals surface area contributed by atoms with Gasteiger partial charge in [0.25, 0.3) is 0 Å². The maximum Gasteiger partial charge on any atom is 0.239 e. The Morgan fingerprint density at radius 2 is 2.17 bits per heavy atom. The van der Waals surface area contributed by atoms with Gasteiger partial charge >= 0.3 is 0 Å². The lowest BCUT2D eigenvalue weighted by atomic mass is 10.2. The third-order valence-corrected chi connectivity index (χ3v) is 3.35. The van der Waals surface area contributed by atoms with E-state index in [0.29, 0.717) is 6.54 Å². The fourth-order valence-corrected chi connectivity index (χ4v) is 2.40. The Bertz CT molecular complexity index is 407. The lowest BCUT2D eigenvalue weighted by Crippen LogP contribution is -2.36. The first kappa shape index (κ1) is 15.0. The van der Waals surface area contributed by atoms with Gasteiger partial charge in [0.15, 0.2) is 0 Å². The normalized spacial score (nSPS) is 12.0. The van der Waals surface area contributed by atoms with Crippen molar-refractivity contribution in [1.82, 2.24) is 5.32 Å². The van der Waals surface area contributed by atoms with E-state index < -0.39 is 0 Å². The second-order valence-electron chi connectivity index (χ2n) is 4.59. The molecule has 0 saturated carbocycles. The molecule has 1 aromatic carbocycles. The van der Waals surface area contributed by atoms with Crippen molar-refractivity contribution in [2.45, 2.75) is 39.7 Å². The van der Waals surface area contributed by atoms with Crippen molar-refractivity contribution in [2.75, 3.05) is 11.9 Å². The Hall–Kier alpha value is -1.03. The summed E-state index contributed by atoms with van der Waals surface area (Å²) < 4.78 is 0.983. The quantitative estimate of drug-likeness (QED) is 0.844.